The standard InChI is InChI=1S/C13H8F17NO/c14-6(15,2-1-5(32)31-3-4-31)7(16,17)8(18,19)9(20,21)10(22,23)11(24,25)12(26,27)13(28,29)30/h1-4H2. The van der Waals surface area contributed by atoms with Gasteiger partial charge in [0.2, 0.25) is 5.91 Å². The number of hydrogen-bond donors (Lipinski definition) is 0. The molecule has 0 radical (unpaired) electrons. The van der Waals surface area contributed by atoms with Crippen LogP contribution in [-0.2, 0) is 4.79 Å². The minimum Gasteiger partial charge on any atom is -0.339 e. The maximum absolute atomic E-state index is 13.5. The van der Waals surface area contributed by atoms with Crippen molar-refractivity contribution in [3.8, 4) is 0 Å². The number of carbonyl (C=O) groups is 1. The molecular weight excluding hydrogens is 509 g/mol. The molecule has 1 amide bonds. The lowest BCUT2D eigenvalue weighted by Crippen LogP contribution is -2.74. The van der Waals surface area contributed by atoms with Crippen LogP contribution in [0.2, 0.25) is 0 Å². The molecule has 1 saturated heterocycles. The molecule has 0 unspecified atom stereocenters. The van der Waals surface area contributed by atoms with Crippen molar-refractivity contribution in [1.82, 2.24) is 4.90 Å². The number of hydrogen-bond acceptors (Lipinski definition) is 1. The summed E-state index contributed by atoms with van der Waals surface area (Å²) in [6.07, 6.45) is -12.2. The molecule has 0 bridgehead atoms. The summed E-state index contributed by atoms with van der Waals surface area (Å²) in [6, 6.07) is 0. The smallest absolute Gasteiger partial charge is 0.339 e. The number of alkyl halides is 17. The van der Waals surface area contributed by atoms with Crippen molar-refractivity contribution in [2.45, 2.75) is 60.5 Å². The van der Waals surface area contributed by atoms with Gasteiger partial charge in [-0.15, -0.1) is 0 Å². The Bertz CT molecular complexity index is 720. The zero-order valence-electron chi connectivity index (χ0n) is 14.6. The van der Waals surface area contributed by atoms with Crippen molar-refractivity contribution in [3.05, 3.63) is 0 Å². The van der Waals surface area contributed by atoms with Crippen LogP contribution in [0.1, 0.15) is 12.8 Å². The lowest BCUT2D eigenvalue weighted by Gasteiger charge is -2.42. The predicted octanol–water partition coefficient (Wildman–Crippen LogP) is 5.62. The monoisotopic (exact) mass is 517 g/mol. The van der Waals surface area contributed by atoms with Gasteiger partial charge in [0.05, 0.1) is 0 Å². The highest BCUT2D eigenvalue weighted by atomic mass is 19.4. The van der Waals surface area contributed by atoms with E-state index in [4.69, 9.17) is 0 Å². The molecule has 0 N–H and O–H groups in total. The van der Waals surface area contributed by atoms with Crippen molar-refractivity contribution in [3.63, 3.8) is 0 Å². The molecule has 0 aromatic heterocycles. The highest BCUT2D eigenvalue weighted by Crippen LogP contribution is 2.64. The van der Waals surface area contributed by atoms with E-state index >= 15 is 0 Å². The average Bonchev–Trinajstić information content (AvgIpc) is 3.42. The molecule has 1 fully saturated rings. The third-order valence-electron chi connectivity index (χ3n) is 4.24. The van der Waals surface area contributed by atoms with Crippen molar-refractivity contribution in [2.75, 3.05) is 13.1 Å². The minimum absolute atomic E-state index is 0.0935. The van der Waals surface area contributed by atoms with Crippen LogP contribution in [0.15, 0.2) is 0 Å². The van der Waals surface area contributed by atoms with E-state index in [9.17, 15) is 79.4 Å². The van der Waals surface area contributed by atoms with Gasteiger partial charge < -0.3 is 4.90 Å². The molecule has 0 aliphatic carbocycles. The number of rotatable bonds is 9. The van der Waals surface area contributed by atoms with E-state index in [-0.39, 0.29) is 13.1 Å². The number of nitrogens with zero attached hydrogens (tertiary/aromatic N) is 1. The first-order valence-corrected chi connectivity index (χ1v) is 7.73. The molecule has 0 saturated carbocycles. The van der Waals surface area contributed by atoms with Crippen LogP contribution in [-0.4, -0.2) is 71.5 Å². The third-order valence-corrected chi connectivity index (χ3v) is 4.24. The highest BCUT2D eigenvalue weighted by Gasteiger charge is 2.95. The topological polar surface area (TPSA) is 20.1 Å². The van der Waals surface area contributed by atoms with Gasteiger partial charge in [-0.2, -0.15) is 74.6 Å². The molecule has 190 valence electrons. The fourth-order valence-corrected chi connectivity index (χ4v) is 2.07. The maximum atomic E-state index is 13.5. The van der Waals surface area contributed by atoms with E-state index in [1.54, 1.807) is 0 Å². The highest BCUT2D eigenvalue weighted by molar-refractivity contribution is 5.78. The molecule has 0 aromatic carbocycles. The van der Waals surface area contributed by atoms with E-state index in [1.165, 1.54) is 0 Å². The van der Waals surface area contributed by atoms with Crippen LogP contribution in [0.3, 0.4) is 0 Å². The van der Waals surface area contributed by atoms with Crippen molar-refractivity contribution in [1.29, 1.82) is 0 Å². The summed E-state index contributed by atoms with van der Waals surface area (Å²) in [5.74, 6) is -57.9. The van der Waals surface area contributed by atoms with Crippen LogP contribution in [0, 0.1) is 0 Å². The van der Waals surface area contributed by atoms with E-state index < -0.39 is 66.4 Å². The van der Waals surface area contributed by atoms with E-state index in [0.717, 1.165) is 0 Å². The minimum atomic E-state index is -8.64. The Hall–Kier alpha value is -1.72. The number of halogens is 17. The Kier molecular flexibility index (Phi) is 6.54. The fourth-order valence-electron chi connectivity index (χ4n) is 2.07. The Labute approximate surface area is 165 Å². The van der Waals surface area contributed by atoms with E-state index in [2.05, 4.69) is 0 Å². The van der Waals surface area contributed by atoms with Crippen LogP contribution in [0.5, 0.6) is 0 Å². The molecule has 1 heterocycles. The Morgan fingerprint density at radius 2 is 0.844 bits per heavy atom. The van der Waals surface area contributed by atoms with Crippen LogP contribution >= 0.6 is 0 Å². The van der Waals surface area contributed by atoms with Gasteiger partial charge in [0.15, 0.2) is 0 Å². The van der Waals surface area contributed by atoms with E-state index in [1.807, 2.05) is 0 Å². The van der Waals surface area contributed by atoms with Gasteiger partial charge in [-0.05, 0) is 0 Å². The molecule has 0 aromatic rings. The van der Waals surface area contributed by atoms with Gasteiger partial charge in [-0.1, -0.05) is 0 Å². The molecule has 2 nitrogen and oxygen atoms in total. The summed E-state index contributed by atoms with van der Waals surface area (Å²) in [5.41, 5.74) is 0. The lowest BCUT2D eigenvalue weighted by atomic mass is 9.88. The molecule has 32 heavy (non-hydrogen) atoms. The third kappa shape index (κ3) is 3.81. The fraction of sp³-hybridized carbons (Fsp3) is 0.923. The van der Waals surface area contributed by atoms with Gasteiger partial charge in [-0.3, -0.25) is 4.79 Å². The summed E-state index contributed by atoms with van der Waals surface area (Å²) in [5, 5.41) is 0. The SMILES string of the molecule is O=C(CCC(F)(F)C(F)(F)C(F)(F)C(F)(F)C(F)(F)C(F)(F)C(F)(F)C(F)(F)F)N1CC1. The maximum Gasteiger partial charge on any atom is 0.460 e. The zero-order chi connectivity index (χ0) is 26.0. The van der Waals surface area contributed by atoms with Gasteiger partial charge >= 0.3 is 47.6 Å². The van der Waals surface area contributed by atoms with Gasteiger partial charge in [-0.25, -0.2) is 0 Å². The van der Waals surface area contributed by atoms with Gasteiger partial charge in [0, 0.05) is 25.9 Å². The Morgan fingerprint density at radius 1 is 0.531 bits per heavy atom. The zero-order valence-corrected chi connectivity index (χ0v) is 14.6. The van der Waals surface area contributed by atoms with Crippen LogP contribution in [0.4, 0.5) is 74.6 Å². The van der Waals surface area contributed by atoms with Gasteiger partial charge in [0.25, 0.3) is 0 Å². The predicted molar refractivity (Wildman–Crippen MR) is 66.5 cm³/mol. The lowest BCUT2D eigenvalue weighted by molar-refractivity contribution is -0.461. The van der Waals surface area contributed by atoms with Gasteiger partial charge in [0.1, 0.15) is 0 Å². The summed E-state index contributed by atoms with van der Waals surface area (Å²) >= 11 is 0. The van der Waals surface area contributed by atoms with Crippen LogP contribution < -0.4 is 0 Å². The van der Waals surface area contributed by atoms with Crippen molar-refractivity contribution < 1.29 is 79.4 Å². The molecule has 19 heteroatoms. The summed E-state index contributed by atoms with van der Waals surface area (Å²) in [6.45, 7) is -0.187. The van der Waals surface area contributed by atoms with Crippen molar-refractivity contribution in [2.24, 2.45) is 0 Å². The first-order valence-electron chi connectivity index (χ1n) is 7.73. The second-order valence-corrected chi connectivity index (χ2v) is 6.53. The Balaban J connectivity index is 3.42. The molecule has 1 aliphatic rings. The Morgan fingerprint density at radius 3 is 1.16 bits per heavy atom. The average molecular weight is 517 g/mol. The molecule has 1 rings (SSSR count). The van der Waals surface area contributed by atoms with Crippen LogP contribution in [0.25, 0.3) is 0 Å². The second kappa shape index (κ2) is 7.39. The summed E-state index contributed by atoms with van der Waals surface area (Å²) in [7, 11) is 0. The molecular formula is C13H8F17NO. The summed E-state index contributed by atoms with van der Waals surface area (Å²) < 4.78 is 221. The first kappa shape index (κ1) is 28.3. The first-order chi connectivity index (χ1) is 13.7. The molecule has 0 atom stereocenters. The second-order valence-electron chi connectivity index (χ2n) is 6.53. The van der Waals surface area contributed by atoms with E-state index in [0.29, 0.717) is 4.90 Å². The summed E-state index contributed by atoms with van der Waals surface area (Å²) in [4.78, 5) is 11.8. The molecule has 1 aliphatic heterocycles. The normalized spacial score (nSPS) is 17.6. The number of amides is 1. The van der Waals surface area contributed by atoms with Crippen molar-refractivity contribution >= 4 is 5.91 Å². The molecule has 0 spiro atoms. The quantitative estimate of drug-likeness (QED) is 0.288. The number of carbonyl (C=O) groups excluding carboxylic acids is 1. The largest absolute Gasteiger partial charge is 0.460 e.